The van der Waals surface area contributed by atoms with Gasteiger partial charge in [-0.25, -0.2) is 0 Å². The van der Waals surface area contributed by atoms with E-state index >= 15 is 0 Å². The minimum Gasteiger partial charge on any atom is -0.369 e. The summed E-state index contributed by atoms with van der Waals surface area (Å²) in [6.07, 6.45) is 1.79. The van der Waals surface area contributed by atoms with Gasteiger partial charge in [0.25, 0.3) is 0 Å². The van der Waals surface area contributed by atoms with Crippen LogP contribution in [0.25, 0.3) is 0 Å². The van der Waals surface area contributed by atoms with Crippen molar-refractivity contribution in [2.24, 2.45) is 11.7 Å². The first-order valence-electron chi connectivity index (χ1n) is 6.27. The van der Waals surface area contributed by atoms with Gasteiger partial charge in [-0.2, -0.15) is 0 Å². The number of likely N-dealkylation sites (tertiary alicyclic amines) is 1. The van der Waals surface area contributed by atoms with Crippen LogP contribution in [-0.2, 0) is 4.79 Å². The van der Waals surface area contributed by atoms with Gasteiger partial charge in [-0.05, 0) is 38.4 Å². The molecule has 1 aliphatic heterocycles. The number of rotatable bonds is 3. The van der Waals surface area contributed by atoms with Crippen molar-refractivity contribution in [3.8, 4) is 0 Å². The number of nitrogens with two attached hydrogens (primary N) is 1. The fraction of sp³-hybridized carbons (Fsp3) is 0.500. The van der Waals surface area contributed by atoms with Crippen molar-refractivity contribution in [3.05, 3.63) is 35.9 Å². The third kappa shape index (κ3) is 2.86. The van der Waals surface area contributed by atoms with E-state index in [4.69, 9.17) is 5.73 Å². The van der Waals surface area contributed by atoms with Gasteiger partial charge in [-0.1, -0.05) is 30.3 Å². The Kier molecular flexibility index (Phi) is 3.79. The molecule has 3 nitrogen and oxygen atoms in total. The lowest BCUT2D eigenvalue weighted by Crippen LogP contribution is -2.39. The number of hydrogen-bond donors (Lipinski definition) is 1. The van der Waals surface area contributed by atoms with E-state index in [-0.39, 0.29) is 11.8 Å². The van der Waals surface area contributed by atoms with E-state index in [2.05, 4.69) is 36.1 Å². The summed E-state index contributed by atoms with van der Waals surface area (Å²) in [7, 11) is 0. The van der Waals surface area contributed by atoms with Crippen LogP contribution >= 0.6 is 0 Å². The van der Waals surface area contributed by atoms with E-state index in [1.807, 2.05) is 6.07 Å². The van der Waals surface area contributed by atoms with Gasteiger partial charge in [0, 0.05) is 12.0 Å². The largest absolute Gasteiger partial charge is 0.369 e. The third-order valence-electron chi connectivity index (χ3n) is 3.76. The summed E-state index contributed by atoms with van der Waals surface area (Å²) in [5.74, 6) is -0.0637. The molecule has 0 aliphatic carbocycles. The van der Waals surface area contributed by atoms with Gasteiger partial charge in [0.2, 0.25) is 5.91 Å². The van der Waals surface area contributed by atoms with Gasteiger partial charge in [0.1, 0.15) is 0 Å². The first-order valence-corrected chi connectivity index (χ1v) is 6.27. The zero-order chi connectivity index (χ0) is 12.3. The van der Waals surface area contributed by atoms with Crippen LogP contribution in [0.15, 0.2) is 30.3 Å². The second kappa shape index (κ2) is 5.32. The van der Waals surface area contributed by atoms with Crippen LogP contribution in [0.3, 0.4) is 0 Å². The molecular formula is C14H20N2O. The zero-order valence-electron chi connectivity index (χ0n) is 10.3. The maximum atomic E-state index is 11.1. The number of piperidine rings is 1. The number of carbonyl (C=O) groups is 1. The minimum atomic E-state index is -0.142. The lowest BCUT2D eigenvalue weighted by atomic mass is 9.94. The second-order valence-electron chi connectivity index (χ2n) is 4.80. The molecule has 1 heterocycles. The Balaban J connectivity index is 1.95. The van der Waals surface area contributed by atoms with Crippen molar-refractivity contribution < 1.29 is 4.79 Å². The zero-order valence-corrected chi connectivity index (χ0v) is 10.3. The highest BCUT2D eigenvalue weighted by atomic mass is 16.1. The van der Waals surface area contributed by atoms with E-state index in [1.54, 1.807) is 0 Å². The van der Waals surface area contributed by atoms with Crippen LogP contribution in [0.1, 0.15) is 31.4 Å². The van der Waals surface area contributed by atoms with Crippen molar-refractivity contribution in [2.75, 3.05) is 13.1 Å². The maximum absolute atomic E-state index is 11.1. The summed E-state index contributed by atoms with van der Waals surface area (Å²) < 4.78 is 0. The van der Waals surface area contributed by atoms with E-state index in [0.717, 1.165) is 25.9 Å². The predicted octanol–water partition coefficient (Wildman–Crippen LogP) is 1.94. The van der Waals surface area contributed by atoms with Crippen molar-refractivity contribution in [1.29, 1.82) is 0 Å². The number of amides is 1. The highest BCUT2D eigenvalue weighted by Gasteiger charge is 2.25. The normalized spacial score (nSPS) is 20.1. The molecule has 1 amide bonds. The molecule has 92 valence electrons. The van der Waals surface area contributed by atoms with Crippen LogP contribution in [0.2, 0.25) is 0 Å². The summed E-state index contributed by atoms with van der Waals surface area (Å²) in [6.45, 7) is 4.15. The first kappa shape index (κ1) is 12.1. The molecule has 0 aromatic heterocycles. The van der Waals surface area contributed by atoms with Gasteiger partial charge in [0.15, 0.2) is 0 Å². The SMILES string of the molecule is CC(c1ccccc1)N1CCC(C(N)=O)CC1. The lowest BCUT2D eigenvalue weighted by molar-refractivity contribution is -0.123. The summed E-state index contributed by atoms with van der Waals surface area (Å²) in [5, 5.41) is 0. The average Bonchev–Trinajstić information content (AvgIpc) is 2.39. The van der Waals surface area contributed by atoms with Crippen LogP contribution < -0.4 is 5.73 Å². The van der Waals surface area contributed by atoms with Gasteiger partial charge >= 0.3 is 0 Å². The topological polar surface area (TPSA) is 46.3 Å². The monoisotopic (exact) mass is 232 g/mol. The predicted molar refractivity (Wildman–Crippen MR) is 68.3 cm³/mol. The molecular weight excluding hydrogens is 212 g/mol. The first-order chi connectivity index (χ1) is 8.18. The van der Waals surface area contributed by atoms with Gasteiger partial charge in [-0.3, -0.25) is 9.69 Å². The lowest BCUT2D eigenvalue weighted by Gasteiger charge is -2.35. The number of nitrogens with zero attached hydrogens (tertiary/aromatic N) is 1. The van der Waals surface area contributed by atoms with Gasteiger partial charge < -0.3 is 5.73 Å². The summed E-state index contributed by atoms with van der Waals surface area (Å²) in [4.78, 5) is 13.5. The number of primary amides is 1. The Hall–Kier alpha value is -1.35. The maximum Gasteiger partial charge on any atom is 0.220 e. The molecule has 2 N–H and O–H groups in total. The second-order valence-corrected chi connectivity index (χ2v) is 4.80. The van der Waals surface area contributed by atoms with E-state index in [9.17, 15) is 4.79 Å². The van der Waals surface area contributed by atoms with Crippen LogP contribution in [0.5, 0.6) is 0 Å². The molecule has 0 spiro atoms. The summed E-state index contributed by atoms with van der Waals surface area (Å²) in [5.41, 5.74) is 6.68. The fourth-order valence-corrected chi connectivity index (χ4v) is 2.51. The standard InChI is InChI=1S/C14H20N2O/c1-11(12-5-3-2-4-6-12)16-9-7-13(8-10-16)14(15)17/h2-6,11,13H,7-10H2,1H3,(H2,15,17). The smallest absolute Gasteiger partial charge is 0.220 e. The van der Waals surface area contributed by atoms with Crippen molar-refractivity contribution >= 4 is 5.91 Å². The van der Waals surface area contributed by atoms with Crippen LogP contribution in [0.4, 0.5) is 0 Å². The summed E-state index contributed by atoms with van der Waals surface area (Å²) in [6, 6.07) is 10.9. The molecule has 1 aromatic rings. The molecule has 1 fully saturated rings. The van der Waals surface area contributed by atoms with Crippen LogP contribution in [0, 0.1) is 5.92 Å². The molecule has 1 saturated heterocycles. The number of hydrogen-bond acceptors (Lipinski definition) is 2. The fourth-order valence-electron chi connectivity index (χ4n) is 2.51. The van der Waals surface area contributed by atoms with Crippen molar-refractivity contribution in [2.45, 2.75) is 25.8 Å². The van der Waals surface area contributed by atoms with Gasteiger partial charge in [-0.15, -0.1) is 0 Å². The molecule has 1 aromatic carbocycles. The van der Waals surface area contributed by atoms with Crippen molar-refractivity contribution in [1.82, 2.24) is 4.90 Å². The van der Waals surface area contributed by atoms with E-state index in [0.29, 0.717) is 6.04 Å². The van der Waals surface area contributed by atoms with Crippen molar-refractivity contribution in [3.63, 3.8) is 0 Å². The quantitative estimate of drug-likeness (QED) is 0.865. The Labute approximate surface area is 103 Å². The molecule has 3 heteroatoms. The Morgan fingerprint density at radius 1 is 1.29 bits per heavy atom. The Bertz CT molecular complexity index is 369. The Morgan fingerprint density at radius 3 is 2.41 bits per heavy atom. The molecule has 2 rings (SSSR count). The minimum absolute atomic E-state index is 0.0780. The number of benzene rings is 1. The molecule has 0 bridgehead atoms. The third-order valence-corrected chi connectivity index (χ3v) is 3.76. The molecule has 0 radical (unpaired) electrons. The molecule has 1 unspecified atom stereocenters. The molecule has 0 saturated carbocycles. The highest BCUT2D eigenvalue weighted by molar-refractivity contribution is 5.76. The Morgan fingerprint density at radius 2 is 1.88 bits per heavy atom. The molecule has 17 heavy (non-hydrogen) atoms. The molecule has 1 aliphatic rings. The van der Waals surface area contributed by atoms with Crippen LogP contribution in [-0.4, -0.2) is 23.9 Å². The van der Waals surface area contributed by atoms with Gasteiger partial charge in [0.05, 0.1) is 0 Å². The van der Waals surface area contributed by atoms with E-state index < -0.39 is 0 Å². The van der Waals surface area contributed by atoms with E-state index in [1.165, 1.54) is 5.56 Å². The number of carbonyl (C=O) groups excluding carboxylic acids is 1. The highest BCUT2D eigenvalue weighted by Crippen LogP contribution is 2.26. The molecule has 1 atom stereocenters. The average molecular weight is 232 g/mol. The summed E-state index contributed by atoms with van der Waals surface area (Å²) >= 11 is 0.